The van der Waals surface area contributed by atoms with Crippen LogP contribution in [0.25, 0.3) is 0 Å². The second-order valence-corrected chi connectivity index (χ2v) is 16.0. The summed E-state index contributed by atoms with van der Waals surface area (Å²) in [5.41, 5.74) is 2.08. The smallest absolute Gasteiger partial charge is 0.258 e. The highest BCUT2D eigenvalue weighted by atomic mass is 16.5. The highest BCUT2D eigenvalue weighted by Crippen LogP contribution is 2.33. The van der Waals surface area contributed by atoms with Gasteiger partial charge < -0.3 is 40.8 Å². The zero-order valence-corrected chi connectivity index (χ0v) is 34.3. The van der Waals surface area contributed by atoms with Crippen LogP contribution in [-0.4, -0.2) is 67.9 Å². The minimum absolute atomic E-state index is 0.0564. The first-order valence-electron chi connectivity index (χ1n) is 21.2. The van der Waals surface area contributed by atoms with E-state index in [1.165, 1.54) is 7.05 Å². The Hall–Kier alpha value is -5.59. The Morgan fingerprint density at radius 2 is 1.47 bits per heavy atom. The maximum absolute atomic E-state index is 14.3. The second kappa shape index (κ2) is 21.4. The Balaban J connectivity index is 1.27. The molecular weight excluding hydrogens is 751 g/mol. The number of nitrogens with one attached hydrogen (secondary N) is 5. The zero-order chi connectivity index (χ0) is 41.6. The molecule has 13 nitrogen and oxygen atoms in total. The van der Waals surface area contributed by atoms with Crippen LogP contribution in [0.5, 0.6) is 17.2 Å². The maximum Gasteiger partial charge on any atom is 0.258 e. The Labute approximate surface area is 347 Å². The van der Waals surface area contributed by atoms with Crippen molar-refractivity contribution in [2.75, 3.05) is 20.3 Å². The summed E-state index contributed by atoms with van der Waals surface area (Å²) in [6.45, 7) is 2.23. The topological polar surface area (TPSA) is 173 Å². The van der Waals surface area contributed by atoms with E-state index in [1.54, 1.807) is 30.3 Å². The average Bonchev–Trinajstić information content (AvgIpc) is 3.25. The summed E-state index contributed by atoms with van der Waals surface area (Å²) in [5.74, 6) is -0.0218. The molecule has 59 heavy (non-hydrogen) atoms. The minimum atomic E-state index is -1.03. The van der Waals surface area contributed by atoms with Gasteiger partial charge in [-0.2, -0.15) is 0 Å². The standard InChI is InChI=1S/C46H59N5O8/c1-3-57-39-16-10-15-34-28-58-36-23-19-31(20-24-36)26-37(44(54)47-2)49-45(55)38(25-30-11-6-4-7-12-30)50-46(56)42(33-13-8-5-9-14-33)51-40(52)27-32-17-21-35(22-18-32)48-41(53)29-59-43(34)39/h5,8-10,13-16,19-20,23-24,30,32,35,37-38,42H,3-4,6-7,11-12,17-18,21-22,25-29H2,1-2H3,(H,47,54)(H,48,53)(H,49,55)(H,50,56)(H,51,52)/t32?,35?,37-,38+,42-/m0/s1. The number of rotatable bonds is 6. The fourth-order valence-electron chi connectivity index (χ4n) is 8.47. The number of ether oxygens (including phenoxy) is 3. The summed E-state index contributed by atoms with van der Waals surface area (Å²) in [4.78, 5) is 68.5. The highest BCUT2D eigenvalue weighted by Gasteiger charge is 2.33. The molecule has 0 aromatic heterocycles. The fourth-order valence-corrected chi connectivity index (χ4v) is 8.47. The Bertz CT molecular complexity index is 1880. The van der Waals surface area contributed by atoms with Gasteiger partial charge in [0.15, 0.2) is 18.1 Å². The van der Waals surface area contributed by atoms with E-state index < -0.39 is 29.9 Å². The van der Waals surface area contributed by atoms with Gasteiger partial charge in [-0.3, -0.25) is 24.0 Å². The van der Waals surface area contributed by atoms with Gasteiger partial charge in [-0.1, -0.05) is 86.7 Å². The van der Waals surface area contributed by atoms with Crippen molar-refractivity contribution in [2.24, 2.45) is 11.8 Å². The molecule has 0 saturated heterocycles. The van der Waals surface area contributed by atoms with Crippen LogP contribution in [0, 0.1) is 11.8 Å². The van der Waals surface area contributed by atoms with Crippen molar-refractivity contribution in [1.82, 2.24) is 26.6 Å². The van der Waals surface area contributed by atoms with Gasteiger partial charge in [0, 0.05) is 31.5 Å². The van der Waals surface area contributed by atoms with E-state index in [9.17, 15) is 24.0 Å². The number of hydrogen-bond acceptors (Lipinski definition) is 8. The molecule has 316 valence electrons. The summed E-state index contributed by atoms with van der Waals surface area (Å²) < 4.78 is 18.1. The summed E-state index contributed by atoms with van der Waals surface area (Å²) in [6.07, 6.45) is 8.84. The lowest BCUT2D eigenvalue weighted by atomic mass is 9.83. The van der Waals surface area contributed by atoms with Gasteiger partial charge in [-0.15, -0.1) is 0 Å². The third-order valence-corrected chi connectivity index (χ3v) is 11.7. The normalized spacial score (nSPS) is 24.1. The lowest BCUT2D eigenvalue weighted by molar-refractivity contribution is -0.134. The first-order valence-corrected chi connectivity index (χ1v) is 21.2. The Morgan fingerprint density at radius 3 is 2.19 bits per heavy atom. The number of carbonyl (C=O) groups excluding carboxylic acids is 5. The van der Waals surface area contributed by atoms with Crippen molar-refractivity contribution in [2.45, 2.75) is 115 Å². The molecule has 3 atom stereocenters. The number of para-hydroxylation sites is 1. The molecule has 2 aliphatic carbocycles. The number of amides is 5. The predicted octanol–water partition coefficient (Wildman–Crippen LogP) is 5.21. The number of likely N-dealkylation sites (N-methyl/N-ethyl adjacent to an activating group) is 1. The van der Waals surface area contributed by atoms with Crippen LogP contribution in [-0.2, 0) is 37.0 Å². The molecule has 13 heteroatoms. The van der Waals surface area contributed by atoms with E-state index in [0.29, 0.717) is 54.2 Å². The summed E-state index contributed by atoms with van der Waals surface area (Å²) in [5, 5.41) is 14.7. The van der Waals surface area contributed by atoms with Crippen LogP contribution in [0.4, 0.5) is 0 Å². The molecule has 4 bridgehead atoms. The van der Waals surface area contributed by atoms with Crippen molar-refractivity contribution in [3.63, 3.8) is 0 Å². The average molecular weight is 810 g/mol. The molecule has 2 fully saturated rings. The quantitative estimate of drug-likeness (QED) is 0.226. The Kier molecular flexibility index (Phi) is 15.6. The molecule has 5 amide bonds. The van der Waals surface area contributed by atoms with Crippen molar-refractivity contribution >= 4 is 29.5 Å². The van der Waals surface area contributed by atoms with Crippen molar-refractivity contribution < 1.29 is 38.2 Å². The zero-order valence-electron chi connectivity index (χ0n) is 34.3. The van der Waals surface area contributed by atoms with Gasteiger partial charge >= 0.3 is 0 Å². The van der Waals surface area contributed by atoms with E-state index in [1.807, 2.05) is 49.4 Å². The molecule has 2 saturated carbocycles. The molecule has 3 aromatic rings. The van der Waals surface area contributed by atoms with E-state index in [-0.39, 0.29) is 61.7 Å². The van der Waals surface area contributed by atoms with Gasteiger partial charge in [0.1, 0.15) is 30.5 Å². The van der Waals surface area contributed by atoms with Crippen LogP contribution < -0.4 is 40.8 Å². The predicted molar refractivity (Wildman–Crippen MR) is 223 cm³/mol. The first kappa shape index (κ1) is 43.0. The van der Waals surface area contributed by atoms with Crippen LogP contribution in [0.15, 0.2) is 72.8 Å². The highest BCUT2D eigenvalue weighted by molar-refractivity contribution is 5.94. The van der Waals surface area contributed by atoms with Gasteiger partial charge in [-0.25, -0.2) is 0 Å². The Morgan fingerprint density at radius 1 is 0.729 bits per heavy atom. The number of hydrogen-bond donors (Lipinski definition) is 5. The van der Waals surface area contributed by atoms with Gasteiger partial charge in [0.2, 0.25) is 23.6 Å². The van der Waals surface area contributed by atoms with Crippen LogP contribution in [0.1, 0.15) is 100 Å². The first-order chi connectivity index (χ1) is 28.7. The van der Waals surface area contributed by atoms with Crippen molar-refractivity contribution in [1.29, 1.82) is 0 Å². The SMILES string of the molecule is CCOc1cccc2c1OCC(=O)NC1CCC(CC1)CC(=O)N[C@@H](c1ccccc1)C(=O)N[C@H](CC1CCCCC1)C(=O)N[C@H](C(=O)NC)Cc1ccc(cc1)OC2. The van der Waals surface area contributed by atoms with E-state index in [2.05, 4.69) is 26.6 Å². The molecular formula is C46H59N5O8. The number of benzene rings is 3. The second-order valence-electron chi connectivity index (χ2n) is 16.0. The minimum Gasteiger partial charge on any atom is -0.490 e. The maximum atomic E-state index is 14.3. The molecule has 9 rings (SSSR count). The summed E-state index contributed by atoms with van der Waals surface area (Å²) >= 11 is 0. The number of carbonyl (C=O) groups is 5. The van der Waals surface area contributed by atoms with Gasteiger partial charge in [0.25, 0.3) is 5.91 Å². The van der Waals surface area contributed by atoms with Crippen molar-refractivity contribution in [3.05, 3.63) is 89.5 Å². The van der Waals surface area contributed by atoms with Gasteiger partial charge in [0.05, 0.1) is 6.61 Å². The lowest BCUT2D eigenvalue weighted by Crippen LogP contribution is -2.56. The lowest BCUT2D eigenvalue weighted by Gasteiger charge is -2.30. The van der Waals surface area contributed by atoms with E-state index in [4.69, 9.17) is 14.2 Å². The molecule has 4 heterocycles. The molecule has 0 radical (unpaired) electrons. The molecule has 5 N–H and O–H groups in total. The molecule has 0 spiro atoms. The fraction of sp³-hybridized carbons (Fsp3) is 0.500. The summed E-state index contributed by atoms with van der Waals surface area (Å²) in [7, 11) is 1.52. The van der Waals surface area contributed by atoms with Gasteiger partial charge in [-0.05, 0) is 80.2 Å². The largest absolute Gasteiger partial charge is 0.490 e. The molecule has 6 aliphatic rings. The van der Waals surface area contributed by atoms with E-state index in [0.717, 1.165) is 50.5 Å². The molecule has 3 aromatic carbocycles. The third kappa shape index (κ3) is 12.5. The monoisotopic (exact) mass is 809 g/mol. The van der Waals surface area contributed by atoms with Crippen LogP contribution >= 0.6 is 0 Å². The molecule has 0 unspecified atom stereocenters. The third-order valence-electron chi connectivity index (χ3n) is 11.7. The van der Waals surface area contributed by atoms with Crippen LogP contribution in [0.2, 0.25) is 0 Å². The summed E-state index contributed by atoms with van der Waals surface area (Å²) in [6, 6.07) is 18.8. The van der Waals surface area contributed by atoms with Crippen LogP contribution in [0.3, 0.4) is 0 Å². The van der Waals surface area contributed by atoms with Crippen molar-refractivity contribution in [3.8, 4) is 17.2 Å². The molecule has 4 aliphatic heterocycles. The van der Waals surface area contributed by atoms with E-state index >= 15 is 0 Å².